The van der Waals surface area contributed by atoms with Gasteiger partial charge in [0, 0.05) is 13.1 Å². The Morgan fingerprint density at radius 1 is 0.958 bits per heavy atom. The van der Waals surface area contributed by atoms with Crippen LogP contribution < -0.4 is 16.4 Å². The zero-order valence-corrected chi connectivity index (χ0v) is 14.4. The summed E-state index contributed by atoms with van der Waals surface area (Å²) in [4.78, 5) is 25.3. The van der Waals surface area contributed by atoms with Crippen molar-refractivity contribution in [2.24, 2.45) is 11.1 Å². The van der Waals surface area contributed by atoms with Crippen molar-refractivity contribution in [2.75, 3.05) is 19.6 Å². The quantitative estimate of drug-likeness (QED) is 0.476. The number of nitrogens with one attached hydrogen (secondary N) is 2. The summed E-state index contributed by atoms with van der Waals surface area (Å²) in [5, 5.41) is 5.91. The maximum absolute atomic E-state index is 12.7. The maximum atomic E-state index is 12.7. The summed E-state index contributed by atoms with van der Waals surface area (Å²) < 4.78 is 0. The second-order valence-corrected chi connectivity index (χ2v) is 6.53. The SMILES string of the molecule is NCCCCNC(=O)C1(C(=O)NCCc2ccccc2)CCCC1. The fourth-order valence-electron chi connectivity index (χ4n) is 3.31. The molecule has 1 aliphatic rings. The number of unbranched alkanes of at least 4 members (excludes halogenated alkanes) is 1. The molecule has 4 N–H and O–H groups in total. The number of carbonyl (C=O) groups excluding carboxylic acids is 2. The molecule has 132 valence electrons. The fraction of sp³-hybridized carbons (Fsp3) is 0.579. The van der Waals surface area contributed by atoms with Crippen LogP contribution in [0.5, 0.6) is 0 Å². The van der Waals surface area contributed by atoms with Crippen LogP contribution in [0.1, 0.15) is 44.1 Å². The minimum Gasteiger partial charge on any atom is -0.355 e. The Morgan fingerprint density at radius 3 is 2.21 bits per heavy atom. The summed E-state index contributed by atoms with van der Waals surface area (Å²) in [6, 6.07) is 10.0. The molecule has 0 aliphatic heterocycles. The van der Waals surface area contributed by atoms with Crippen LogP contribution in [0, 0.1) is 5.41 Å². The molecule has 0 bridgehead atoms. The number of benzene rings is 1. The molecule has 5 heteroatoms. The van der Waals surface area contributed by atoms with Gasteiger partial charge in [0.05, 0.1) is 0 Å². The summed E-state index contributed by atoms with van der Waals surface area (Å²) in [5.74, 6) is -0.235. The van der Waals surface area contributed by atoms with Crippen molar-refractivity contribution >= 4 is 11.8 Å². The van der Waals surface area contributed by atoms with E-state index >= 15 is 0 Å². The molecule has 2 amide bonds. The molecule has 0 unspecified atom stereocenters. The van der Waals surface area contributed by atoms with Gasteiger partial charge in [-0.3, -0.25) is 9.59 Å². The Balaban J connectivity index is 1.86. The molecular formula is C19H29N3O2. The largest absolute Gasteiger partial charge is 0.355 e. The lowest BCUT2D eigenvalue weighted by atomic mass is 9.83. The standard InChI is InChI=1S/C19H29N3O2/c20-13-6-7-14-21-17(23)19(11-4-5-12-19)18(24)22-15-10-16-8-2-1-3-9-16/h1-3,8-9H,4-7,10-15,20H2,(H,21,23)(H,22,24). The highest BCUT2D eigenvalue weighted by Gasteiger charge is 2.47. The summed E-state index contributed by atoms with van der Waals surface area (Å²) in [6.07, 6.45) is 5.68. The third-order valence-corrected chi connectivity index (χ3v) is 4.78. The van der Waals surface area contributed by atoms with E-state index < -0.39 is 5.41 Å². The fourth-order valence-corrected chi connectivity index (χ4v) is 3.31. The zero-order chi connectivity index (χ0) is 17.3. The Labute approximate surface area is 144 Å². The highest BCUT2D eigenvalue weighted by Crippen LogP contribution is 2.38. The monoisotopic (exact) mass is 331 g/mol. The minimum absolute atomic E-state index is 0.116. The molecular weight excluding hydrogens is 302 g/mol. The van der Waals surface area contributed by atoms with E-state index in [1.165, 1.54) is 5.56 Å². The van der Waals surface area contributed by atoms with Crippen LogP contribution in [0.15, 0.2) is 30.3 Å². The predicted octanol–water partition coefficient (Wildman–Crippen LogP) is 1.76. The van der Waals surface area contributed by atoms with Gasteiger partial charge in [-0.2, -0.15) is 0 Å². The van der Waals surface area contributed by atoms with Crippen LogP contribution >= 0.6 is 0 Å². The Hall–Kier alpha value is -1.88. The molecule has 0 saturated heterocycles. The van der Waals surface area contributed by atoms with Crippen LogP contribution in [0.4, 0.5) is 0 Å². The Morgan fingerprint density at radius 2 is 1.58 bits per heavy atom. The molecule has 0 atom stereocenters. The van der Waals surface area contributed by atoms with E-state index in [2.05, 4.69) is 10.6 Å². The number of hydrogen-bond donors (Lipinski definition) is 3. The second kappa shape index (κ2) is 9.42. The van der Waals surface area contributed by atoms with Crippen molar-refractivity contribution in [3.8, 4) is 0 Å². The molecule has 0 aromatic heterocycles. The van der Waals surface area contributed by atoms with Gasteiger partial charge in [0.15, 0.2) is 0 Å². The lowest BCUT2D eigenvalue weighted by Gasteiger charge is -2.26. The predicted molar refractivity (Wildman–Crippen MR) is 95.4 cm³/mol. The summed E-state index contributed by atoms with van der Waals surface area (Å²) in [5.41, 5.74) is 5.78. The van der Waals surface area contributed by atoms with Crippen molar-refractivity contribution in [3.63, 3.8) is 0 Å². The van der Waals surface area contributed by atoms with E-state index in [1.807, 2.05) is 30.3 Å². The van der Waals surface area contributed by atoms with E-state index in [9.17, 15) is 9.59 Å². The molecule has 0 heterocycles. The van der Waals surface area contributed by atoms with Gasteiger partial charge in [-0.15, -0.1) is 0 Å². The van der Waals surface area contributed by atoms with Crippen LogP contribution in [0.3, 0.4) is 0 Å². The van der Waals surface area contributed by atoms with Crippen LogP contribution in [-0.2, 0) is 16.0 Å². The van der Waals surface area contributed by atoms with Gasteiger partial charge < -0.3 is 16.4 Å². The van der Waals surface area contributed by atoms with Gasteiger partial charge >= 0.3 is 0 Å². The molecule has 5 nitrogen and oxygen atoms in total. The number of nitrogens with two attached hydrogens (primary N) is 1. The zero-order valence-electron chi connectivity index (χ0n) is 14.4. The summed E-state index contributed by atoms with van der Waals surface area (Å²) in [6.45, 7) is 1.78. The highest BCUT2D eigenvalue weighted by atomic mass is 16.2. The van der Waals surface area contributed by atoms with E-state index in [0.717, 1.165) is 32.1 Å². The number of amides is 2. The molecule has 1 aliphatic carbocycles. The van der Waals surface area contributed by atoms with Crippen molar-refractivity contribution in [2.45, 2.75) is 44.9 Å². The molecule has 1 aromatic rings. The van der Waals surface area contributed by atoms with Gasteiger partial charge in [0.2, 0.25) is 11.8 Å². The minimum atomic E-state index is -0.876. The third-order valence-electron chi connectivity index (χ3n) is 4.78. The smallest absolute Gasteiger partial charge is 0.235 e. The van der Waals surface area contributed by atoms with Crippen LogP contribution in [-0.4, -0.2) is 31.4 Å². The van der Waals surface area contributed by atoms with Gasteiger partial charge in [-0.25, -0.2) is 0 Å². The lowest BCUT2D eigenvalue weighted by molar-refractivity contribution is -0.143. The van der Waals surface area contributed by atoms with E-state index in [4.69, 9.17) is 5.73 Å². The van der Waals surface area contributed by atoms with Crippen molar-refractivity contribution in [1.82, 2.24) is 10.6 Å². The highest BCUT2D eigenvalue weighted by molar-refractivity contribution is 6.05. The Kier molecular flexibility index (Phi) is 7.25. The van der Waals surface area contributed by atoms with Crippen molar-refractivity contribution in [1.29, 1.82) is 0 Å². The third kappa shape index (κ3) is 4.81. The topological polar surface area (TPSA) is 84.2 Å². The van der Waals surface area contributed by atoms with Crippen LogP contribution in [0.2, 0.25) is 0 Å². The molecule has 2 rings (SSSR count). The first kappa shape index (κ1) is 18.5. The molecule has 0 spiro atoms. The van der Waals surface area contributed by atoms with Gasteiger partial charge in [-0.1, -0.05) is 43.2 Å². The van der Waals surface area contributed by atoms with E-state index in [1.54, 1.807) is 0 Å². The molecule has 0 radical (unpaired) electrons. The normalized spacial score (nSPS) is 15.9. The Bertz CT molecular complexity index is 525. The maximum Gasteiger partial charge on any atom is 0.235 e. The average molecular weight is 331 g/mol. The lowest BCUT2D eigenvalue weighted by Crippen LogP contribution is -2.50. The number of carbonyl (C=O) groups is 2. The first-order valence-electron chi connectivity index (χ1n) is 8.99. The summed E-state index contributed by atoms with van der Waals surface area (Å²) >= 11 is 0. The second-order valence-electron chi connectivity index (χ2n) is 6.53. The molecule has 1 aromatic carbocycles. The molecule has 24 heavy (non-hydrogen) atoms. The van der Waals surface area contributed by atoms with Crippen molar-refractivity contribution < 1.29 is 9.59 Å². The van der Waals surface area contributed by atoms with Crippen molar-refractivity contribution in [3.05, 3.63) is 35.9 Å². The number of rotatable bonds is 9. The summed E-state index contributed by atoms with van der Waals surface area (Å²) in [7, 11) is 0. The van der Waals surface area contributed by atoms with E-state index in [0.29, 0.717) is 32.5 Å². The first-order chi connectivity index (χ1) is 11.7. The number of hydrogen-bond acceptors (Lipinski definition) is 3. The van der Waals surface area contributed by atoms with Gasteiger partial charge in [0.1, 0.15) is 5.41 Å². The first-order valence-corrected chi connectivity index (χ1v) is 8.99. The molecule has 1 fully saturated rings. The van der Waals surface area contributed by atoms with Gasteiger partial charge in [-0.05, 0) is 44.2 Å². The van der Waals surface area contributed by atoms with E-state index in [-0.39, 0.29) is 11.8 Å². The van der Waals surface area contributed by atoms with Crippen LogP contribution in [0.25, 0.3) is 0 Å². The van der Waals surface area contributed by atoms with Gasteiger partial charge in [0.25, 0.3) is 0 Å². The average Bonchev–Trinajstić information content (AvgIpc) is 3.10. The molecule has 1 saturated carbocycles.